The summed E-state index contributed by atoms with van der Waals surface area (Å²) in [7, 11) is 0. The van der Waals surface area contributed by atoms with Crippen LogP contribution in [0, 0.1) is 0 Å². The average molecular weight is 379 g/mol. The Labute approximate surface area is 163 Å². The number of rotatable bonds is 5. The number of hydrogen-bond donors (Lipinski definition) is 1. The number of nitrogens with one attached hydrogen (secondary N) is 1. The lowest BCUT2D eigenvalue weighted by molar-refractivity contribution is 0.102. The van der Waals surface area contributed by atoms with Crippen LogP contribution in [0.25, 0.3) is 0 Å². The van der Waals surface area contributed by atoms with Gasteiger partial charge in [-0.05, 0) is 48.6 Å². The number of carbonyl (C=O) groups is 1. The Hall–Kier alpha value is -2.73. The van der Waals surface area contributed by atoms with Gasteiger partial charge in [-0.1, -0.05) is 48.6 Å². The quantitative estimate of drug-likeness (QED) is 0.719. The van der Waals surface area contributed by atoms with Gasteiger partial charge in [-0.3, -0.25) is 4.79 Å². The first-order valence-electron chi connectivity index (χ1n) is 9.28. The number of amides is 1. The molecule has 0 aliphatic carbocycles. The molecule has 0 spiro atoms. The molecule has 0 saturated carbocycles. The number of benzene rings is 2. The van der Waals surface area contributed by atoms with E-state index in [0.717, 1.165) is 36.5 Å². The lowest BCUT2D eigenvalue weighted by Crippen LogP contribution is -2.28. The highest BCUT2D eigenvalue weighted by atomic mass is 32.1. The molecular formula is C21H22N4OS. The standard InChI is InChI=1S/C21H22N4OS/c1-2-15-9-11-17(12-10-15)22-20(26)21-24-23-19(27-21)14-25-13-5-7-16-6-3-4-8-18(16)25/h3-4,6,8-12H,2,5,7,13-14H2,1H3,(H,22,26). The van der Waals surface area contributed by atoms with E-state index in [4.69, 9.17) is 0 Å². The fraction of sp³-hybridized carbons (Fsp3) is 0.286. The molecule has 0 fully saturated rings. The number of aromatic nitrogens is 2. The fourth-order valence-electron chi connectivity index (χ4n) is 3.36. The molecule has 1 aliphatic rings. The summed E-state index contributed by atoms with van der Waals surface area (Å²) in [6.07, 6.45) is 3.23. The average Bonchev–Trinajstić information content (AvgIpc) is 3.18. The number of carbonyl (C=O) groups excluding carboxylic acids is 1. The molecule has 1 amide bonds. The number of fused-ring (bicyclic) bond motifs is 1. The summed E-state index contributed by atoms with van der Waals surface area (Å²) in [6.45, 7) is 3.80. The number of aryl methyl sites for hydroxylation is 2. The van der Waals surface area contributed by atoms with E-state index in [-0.39, 0.29) is 5.91 Å². The van der Waals surface area contributed by atoms with Gasteiger partial charge in [0.25, 0.3) is 5.91 Å². The second-order valence-corrected chi connectivity index (χ2v) is 7.72. The maximum absolute atomic E-state index is 12.5. The molecule has 3 aromatic rings. The normalized spacial score (nSPS) is 13.3. The number of para-hydroxylation sites is 1. The van der Waals surface area contributed by atoms with Crippen LogP contribution in [-0.4, -0.2) is 22.6 Å². The van der Waals surface area contributed by atoms with Crippen LogP contribution in [0.3, 0.4) is 0 Å². The van der Waals surface area contributed by atoms with E-state index < -0.39 is 0 Å². The molecule has 5 nitrogen and oxygen atoms in total. The van der Waals surface area contributed by atoms with Crippen molar-refractivity contribution in [3.8, 4) is 0 Å². The molecule has 1 aromatic heterocycles. The first kappa shape index (κ1) is 17.7. The fourth-order valence-corrected chi connectivity index (χ4v) is 4.11. The van der Waals surface area contributed by atoms with Crippen molar-refractivity contribution in [1.82, 2.24) is 10.2 Å². The summed E-state index contributed by atoms with van der Waals surface area (Å²) in [5.74, 6) is -0.206. The highest BCUT2D eigenvalue weighted by Gasteiger charge is 2.19. The SMILES string of the molecule is CCc1ccc(NC(=O)c2nnc(CN3CCCc4ccccc43)s2)cc1. The van der Waals surface area contributed by atoms with Gasteiger partial charge >= 0.3 is 0 Å². The third-order valence-electron chi connectivity index (χ3n) is 4.81. The highest BCUT2D eigenvalue weighted by Crippen LogP contribution is 2.28. The summed E-state index contributed by atoms with van der Waals surface area (Å²) in [5, 5.41) is 12.5. The third-order valence-corrected chi connectivity index (χ3v) is 5.72. The number of anilines is 2. The van der Waals surface area contributed by atoms with E-state index in [1.807, 2.05) is 24.3 Å². The van der Waals surface area contributed by atoms with Crippen molar-refractivity contribution < 1.29 is 4.79 Å². The minimum absolute atomic E-state index is 0.206. The second-order valence-electron chi connectivity index (χ2n) is 6.66. The van der Waals surface area contributed by atoms with E-state index in [1.54, 1.807) is 0 Å². The van der Waals surface area contributed by atoms with Gasteiger partial charge in [0.05, 0.1) is 6.54 Å². The molecule has 2 aromatic carbocycles. The van der Waals surface area contributed by atoms with Gasteiger partial charge < -0.3 is 10.2 Å². The topological polar surface area (TPSA) is 58.1 Å². The molecule has 0 radical (unpaired) electrons. The maximum Gasteiger partial charge on any atom is 0.286 e. The lowest BCUT2D eigenvalue weighted by atomic mass is 10.0. The second kappa shape index (κ2) is 7.88. The van der Waals surface area contributed by atoms with Gasteiger partial charge in [0.15, 0.2) is 0 Å². The molecular weight excluding hydrogens is 356 g/mol. The van der Waals surface area contributed by atoms with Crippen LogP contribution in [-0.2, 0) is 19.4 Å². The van der Waals surface area contributed by atoms with Crippen molar-refractivity contribution in [2.75, 3.05) is 16.8 Å². The smallest absolute Gasteiger partial charge is 0.286 e. The van der Waals surface area contributed by atoms with E-state index in [1.165, 1.54) is 28.2 Å². The van der Waals surface area contributed by atoms with Crippen molar-refractivity contribution in [3.05, 3.63) is 69.7 Å². The van der Waals surface area contributed by atoms with E-state index in [0.29, 0.717) is 11.6 Å². The van der Waals surface area contributed by atoms with Crippen molar-refractivity contribution in [2.24, 2.45) is 0 Å². The van der Waals surface area contributed by atoms with Crippen LogP contribution in [0.2, 0.25) is 0 Å². The molecule has 0 atom stereocenters. The summed E-state index contributed by atoms with van der Waals surface area (Å²) in [5.41, 5.74) is 4.66. The van der Waals surface area contributed by atoms with Gasteiger partial charge in [0, 0.05) is 17.9 Å². The summed E-state index contributed by atoms with van der Waals surface area (Å²) >= 11 is 1.36. The molecule has 2 heterocycles. The number of nitrogens with zero attached hydrogens (tertiary/aromatic N) is 3. The van der Waals surface area contributed by atoms with E-state index in [9.17, 15) is 4.79 Å². The molecule has 27 heavy (non-hydrogen) atoms. The Morgan fingerprint density at radius 3 is 2.78 bits per heavy atom. The Morgan fingerprint density at radius 1 is 1.15 bits per heavy atom. The largest absolute Gasteiger partial charge is 0.364 e. The Kier molecular flexibility index (Phi) is 5.16. The molecule has 0 unspecified atom stereocenters. The van der Waals surface area contributed by atoms with Crippen molar-refractivity contribution in [2.45, 2.75) is 32.7 Å². The van der Waals surface area contributed by atoms with Gasteiger partial charge in [-0.15, -0.1) is 10.2 Å². The Bertz CT molecular complexity index is 935. The predicted molar refractivity (Wildman–Crippen MR) is 109 cm³/mol. The Morgan fingerprint density at radius 2 is 1.96 bits per heavy atom. The van der Waals surface area contributed by atoms with Crippen LogP contribution in [0.4, 0.5) is 11.4 Å². The lowest BCUT2D eigenvalue weighted by Gasteiger charge is -2.30. The van der Waals surface area contributed by atoms with E-state index in [2.05, 4.69) is 51.6 Å². The zero-order valence-electron chi connectivity index (χ0n) is 15.3. The molecule has 0 saturated heterocycles. The van der Waals surface area contributed by atoms with Gasteiger partial charge in [-0.2, -0.15) is 0 Å². The van der Waals surface area contributed by atoms with Crippen molar-refractivity contribution >= 4 is 28.6 Å². The molecule has 6 heteroatoms. The van der Waals surface area contributed by atoms with Gasteiger partial charge in [0.2, 0.25) is 5.01 Å². The van der Waals surface area contributed by atoms with Crippen LogP contribution in [0.1, 0.15) is 39.3 Å². The summed E-state index contributed by atoms with van der Waals surface area (Å²) in [6, 6.07) is 16.4. The van der Waals surface area contributed by atoms with Crippen molar-refractivity contribution in [1.29, 1.82) is 0 Å². The van der Waals surface area contributed by atoms with Crippen molar-refractivity contribution in [3.63, 3.8) is 0 Å². The molecule has 1 aliphatic heterocycles. The molecule has 138 valence electrons. The molecule has 1 N–H and O–H groups in total. The van der Waals surface area contributed by atoms with Crippen LogP contribution in [0.5, 0.6) is 0 Å². The highest BCUT2D eigenvalue weighted by molar-refractivity contribution is 7.13. The van der Waals surface area contributed by atoms with Crippen LogP contribution < -0.4 is 10.2 Å². The zero-order valence-corrected chi connectivity index (χ0v) is 16.1. The van der Waals surface area contributed by atoms with Crippen LogP contribution in [0.15, 0.2) is 48.5 Å². The Balaban J connectivity index is 1.43. The van der Waals surface area contributed by atoms with E-state index >= 15 is 0 Å². The summed E-state index contributed by atoms with van der Waals surface area (Å²) < 4.78 is 0. The maximum atomic E-state index is 12.5. The van der Waals surface area contributed by atoms with Crippen LogP contribution >= 0.6 is 11.3 Å². The minimum atomic E-state index is -0.206. The van der Waals surface area contributed by atoms with Gasteiger partial charge in [-0.25, -0.2) is 0 Å². The first-order chi connectivity index (χ1) is 13.2. The van der Waals surface area contributed by atoms with Gasteiger partial charge in [0.1, 0.15) is 5.01 Å². The summed E-state index contributed by atoms with van der Waals surface area (Å²) in [4.78, 5) is 14.8. The molecule has 4 rings (SSSR count). The molecule has 0 bridgehead atoms. The predicted octanol–water partition coefficient (Wildman–Crippen LogP) is 4.31. The zero-order chi connectivity index (χ0) is 18.6. The number of hydrogen-bond acceptors (Lipinski definition) is 5. The minimum Gasteiger partial charge on any atom is -0.364 e. The monoisotopic (exact) mass is 378 g/mol. The first-order valence-corrected chi connectivity index (χ1v) is 10.1. The third kappa shape index (κ3) is 4.01.